The molecule has 0 fully saturated rings. The second kappa shape index (κ2) is 6.75. The Morgan fingerprint density at radius 1 is 1.12 bits per heavy atom. The first-order valence-corrected chi connectivity index (χ1v) is 8.92. The van der Waals surface area contributed by atoms with Crippen LogP contribution in [0.5, 0.6) is 0 Å². The van der Waals surface area contributed by atoms with Crippen molar-refractivity contribution in [3.63, 3.8) is 0 Å². The number of rotatable bonds is 4. The number of fused-ring (bicyclic) bond motifs is 1. The molecule has 132 valence electrons. The van der Waals surface area contributed by atoms with Gasteiger partial charge in [0.25, 0.3) is 5.91 Å². The van der Waals surface area contributed by atoms with E-state index in [1.807, 2.05) is 37.3 Å². The molecule has 1 aromatic heterocycles. The van der Waals surface area contributed by atoms with Gasteiger partial charge >= 0.3 is 0 Å². The van der Waals surface area contributed by atoms with Gasteiger partial charge in [-0.2, -0.15) is 5.10 Å². The molecule has 0 aliphatic heterocycles. The van der Waals surface area contributed by atoms with E-state index in [1.165, 1.54) is 12.1 Å². The molecule has 1 amide bonds. The molecule has 1 heterocycles. The van der Waals surface area contributed by atoms with Crippen LogP contribution >= 0.6 is 0 Å². The average Bonchev–Trinajstić information content (AvgIpc) is 3.26. The fraction of sp³-hybridized carbons (Fsp3) is 0.238. The van der Waals surface area contributed by atoms with Crippen molar-refractivity contribution < 1.29 is 9.18 Å². The fourth-order valence-corrected chi connectivity index (χ4v) is 3.58. The summed E-state index contributed by atoms with van der Waals surface area (Å²) in [6.07, 6.45) is 2.74. The van der Waals surface area contributed by atoms with Crippen LogP contribution in [-0.2, 0) is 12.8 Å². The van der Waals surface area contributed by atoms with Crippen molar-refractivity contribution in [3.05, 3.63) is 77.4 Å². The molecule has 5 heteroatoms. The predicted molar refractivity (Wildman–Crippen MR) is 99.3 cm³/mol. The number of amides is 1. The largest absolute Gasteiger partial charge is 0.307 e. The number of aromatic nitrogens is 2. The molecule has 1 aliphatic rings. The van der Waals surface area contributed by atoms with Gasteiger partial charge in [-0.15, -0.1) is 0 Å². The average molecular weight is 349 g/mol. The minimum atomic E-state index is -0.282. The highest BCUT2D eigenvalue weighted by atomic mass is 19.1. The van der Waals surface area contributed by atoms with Gasteiger partial charge in [0.15, 0.2) is 5.69 Å². The highest BCUT2D eigenvalue weighted by Crippen LogP contribution is 2.29. The zero-order chi connectivity index (χ0) is 18.1. The number of hydrogen-bond donors (Lipinski definition) is 0. The van der Waals surface area contributed by atoms with Crippen molar-refractivity contribution in [2.24, 2.45) is 0 Å². The number of benzene rings is 2. The van der Waals surface area contributed by atoms with Crippen LogP contribution in [-0.4, -0.2) is 22.2 Å². The van der Waals surface area contributed by atoms with Gasteiger partial charge in [-0.25, -0.2) is 9.07 Å². The zero-order valence-electron chi connectivity index (χ0n) is 14.7. The molecule has 1 aliphatic carbocycles. The molecule has 0 saturated carbocycles. The molecule has 0 saturated heterocycles. The lowest BCUT2D eigenvalue weighted by Crippen LogP contribution is -2.31. The van der Waals surface area contributed by atoms with Gasteiger partial charge in [-0.05, 0) is 62.6 Å². The van der Waals surface area contributed by atoms with E-state index in [0.717, 1.165) is 41.9 Å². The highest BCUT2D eigenvalue weighted by molar-refractivity contribution is 6.06. The second-order valence-corrected chi connectivity index (χ2v) is 6.40. The van der Waals surface area contributed by atoms with Crippen molar-refractivity contribution in [1.82, 2.24) is 9.78 Å². The van der Waals surface area contributed by atoms with Crippen LogP contribution in [0.1, 0.15) is 35.1 Å². The molecule has 4 nitrogen and oxygen atoms in total. The van der Waals surface area contributed by atoms with Crippen molar-refractivity contribution in [1.29, 1.82) is 0 Å². The SMILES string of the molecule is CCN(C(=O)c1nn(-c2ccc(F)cc2)c2c1CCC2)c1ccccc1. The third kappa shape index (κ3) is 2.79. The zero-order valence-corrected chi connectivity index (χ0v) is 14.7. The Labute approximate surface area is 151 Å². The maximum Gasteiger partial charge on any atom is 0.279 e. The van der Waals surface area contributed by atoms with Gasteiger partial charge in [0, 0.05) is 23.5 Å². The number of hydrogen-bond acceptors (Lipinski definition) is 2. The molecule has 4 rings (SSSR count). The molecule has 2 aromatic carbocycles. The van der Waals surface area contributed by atoms with Crippen molar-refractivity contribution in [3.8, 4) is 5.69 Å². The molecule has 0 radical (unpaired) electrons. The van der Waals surface area contributed by atoms with Crippen LogP contribution in [0.2, 0.25) is 0 Å². The summed E-state index contributed by atoms with van der Waals surface area (Å²) in [6.45, 7) is 2.53. The Balaban J connectivity index is 1.76. The minimum absolute atomic E-state index is 0.0855. The lowest BCUT2D eigenvalue weighted by Gasteiger charge is -2.20. The van der Waals surface area contributed by atoms with E-state index in [1.54, 1.807) is 21.7 Å². The van der Waals surface area contributed by atoms with Gasteiger partial charge in [0.1, 0.15) is 5.82 Å². The van der Waals surface area contributed by atoms with E-state index >= 15 is 0 Å². The van der Waals surface area contributed by atoms with E-state index in [-0.39, 0.29) is 11.7 Å². The number of para-hydroxylation sites is 1. The standard InChI is InChI=1S/C21H20FN3O/c1-2-24(16-7-4-3-5-8-16)21(26)20-18-9-6-10-19(18)25(23-20)17-13-11-15(22)12-14-17/h3-5,7-8,11-14H,2,6,9-10H2,1H3. The third-order valence-electron chi connectivity index (χ3n) is 4.83. The number of nitrogens with zero attached hydrogens (tertiary/aromatic N) is 3. The number of carbonyl (C=O) groups is 1. The van der Waals surface area contributed by atoms with Crippen LogP contribution in [0.15, 0.2) is 54.6 Å². The van der Waals surface area contributed by atoms with Crippen LogP contribution in [0.4, 0.5) is 10.1 Å². The van der Waals surface area contributed by atoms with Gasteiger partial charge in [0.2, 0.25) is 0 Å². The minimum Gasteiger partial charge on any atom is -0.307 e. The van der Waals surface area contributed by atoms with Crippen molar-refractivity contribution in [2.75, 3.05) is 11.4 Å². The van der Waals surface area contributed by atoms with E-state index in [2.05, 4.69) is 5.10 Å². The second-order valence-electron chi connectivity index (χ2n) is 6.40. The van der Waals surface area contributed by atoms with E-state index < -0.39 is 0 Å². The molecular weight excluding hydrogens is 329 g/mol. The summed E-state index contributed by atoms with van der Waals surface area (Å²) in [7, 11) is 0. The lowest BCUT2D eigenvalue weighted by atomic mass is 10.1. The molecule has 3 aromatic rings. The van der Waals surface area contributed by atoms with Gasteiger partial charge < -0.3 is 4.90 Å². The predicted octanol–water partition coefficient (Wildman–Crippen LogP) is 4.17. The Morgan fingerprint density at radius 2 is 1.85 bits per heavy atom. The van der Waals surface area contributed by atoms with E-state index in [9.17, 15) is 9.18 Å². The van der Waals surface area contributed by atoms with E-state index in [4.69, 9.17) is 0 Å². The Hall–Kier alpha value is -2.95. The maximum absolute atomic E-state index is 13.3. The first-order valence-electron chi connectivity index (χ1n) is 8.92. The summed E-state index contributed by atoms with van der Waals surface area (Å²) >= 11 is 0. The number of anilines is 1. The number of carbonyl (C=O) groups excluding carboxylic acids is 1. The summed E-state index contributed by atoms with van der Waals surface area (Å²) < 4.78 is 15.1. The molecular formula is C21H20FN3O. The van der Waals surface area contributed by atoms with Crippen LogP contribution < -0.4 is 4.90 Å². The van der Waals surface area contributed by atoms with Crippen molar-refractivity contribution in [2.45, 2.75) is 26.2 Å². The molecule has 0 unspecified atom stereocenters. The normalized spacial score (nSPS) is 12.8. The molecule has 0 atom stereocenters. The first kappa shape index (κ1) is 16.5. The molecule has 0 spiro atoms. The lowest BCUT2D eigenvalue weighted by molar-refractivity contribution is 0.0982. The smallest absolute Gasteiger partial charge is 0.279 e. The molecule has 26 heavy (non-hydrogen) atoms. The quantitative estimate of drug-likeness (QED) is 0.709. The Morgan fingerprint density at radius 3 is 2.54 bits per heavy atom. The summed E-state index contributed by atoms with van der Waals surface area (Å²) in [6, 6.07) is 15.9. The van der Waals surface area contributed by atoms with E-state index in [0.29, 0.717) is 12.2 Å². The Kier molecular flexibility index (Phi) is 4.29. The topological polar surface area (TPSA) is 38.1 Å². The van der Waals surface area contributed by atoms with Crippen LogP contribution in [0.25, 0.3) is 5.69 Å². The summed E-state index contributed by atoms with van der Waals surface area (Å²) in [5, 5.41) is 4.63. The first-order chi connectivity index (χ1) is 12.7. The summed E-state index contributed by atoms with van der Waals surface area (Å²) in [4.78, 5) is 15.0. The van der Waals surface area contributed by atoms with Crippen molar-refractivity contribution >= 4 is 11.6 Å². The third-order valence-corrected chi connectivity index (χ3v) is 4.83. The summed E-state index contributed by atoms with van der Waals surface area (Å²) in [5.41, 5.74) is 4.24. The Bertz CT molecular complexity index is 932. The van der Waals surface area contributed by atoms with Gasteiger partial charge in [-0.1, -0.05) is 18.2 Å². The van der Waals surface area contributed by atoms with Gasteiger partial charge in [-0.3, -0.25) is 4.79 Å². The highest BCUT2D eigenvalue weighted by Gasteiger charge is 2.29. The molecule has 0 bridgehead atoms. The number of halogens is 1. The van der Waals surface area contributed by atoms with Gasteiger partial charge in [0.05, 0.1) is 5.69 Å². The fourth-order valence-electron chi connectivity index (χ4n) is 3.58. The maximum atomic E-state index is 13.3. The monoisotopic (exact) mass is 349 g/mol. The molecule has 0 N–H and O–H groups in total. The summed E-state index contributed by atoms with van der Waals surface area (Å²) in [5.74, 6) is -0.368. The van der Waals surface area contributed by atoms with Crippen LogP contribution in [0.3, 0.4) is 0 Å². The van der Waals surface area contributed by atoms with Crippen LogP contribution in [0, 0.1) is 5.82 Å².